The topological polar surface area (TPSA) is 48.5 Å². The highest BCUT2D eigenvalue weighted by Gasteiger charge is 2.20. The van der Waals surface area contributed by atoms with Crippen molar-refractivity contribution in [1.29, 1.82) is 5.26 Å². The molecule has 1 atom stereocenters. The minimum Gasteiger partial charge on any atom is -0.197 e. The van der Waals surface area contributed by atoms with Gasteiger partial charge in [-0.3, -0.25) is 0 Å². The van der Waals surface area contributed by atoms with E-state index in [1.165, 1.54) is 0 Å². The Morgan fingerprint density at radius 1 is 1.55 bits per heavy atom. The van der Waals surface area contributed by atoms with Crippen LogP contribution < -0.4 is 0 Å². The van der Waals surface area contributed by atoms with Crippen molar-refractivity contribution in [3.8, 4) is 6.07 Å². The first-order chi connectivity index (χ1) is 5.42. The largest absolute Gasteiger partial charge is 0.197 e. The van der Waals surface area contributed by atoms with E-state index in [4.69, 9.17) is 5.26 Å². The third-order valence-corrected chi connectivity index (χ3v) is 1.69. The maximum absolute atomic E-state index is 8.69. The minimum absolute atomic E-state index is 0.162. The van der Waals surface area contributed by atoms with E-state index in [9.17, 15) is 0 Å². The smallest absolute Gasteiger partial charge is 0.0933 e. The summed E-state index contributed by atoms with van der Waals surface area (Å²) in [4.78, 5) is 0. The molecule has 0 amide bonds. The third-order valence-electron chi connectivity index (χ3n) is 1.69. The molecule has 0 saturated heterocycles. The molecule has 3 heteroatoms. The number of allylic oxidation sites excluding steroid dienone is 4. The lowest BCUT2D eigenvalue weighted by atomic mass is 9.95. The fraction of sp³-hybridized carbons (Fsp3) is 0.125. The van der Waals surface area contributed by atoms with Gasteiger partial charge in [0.05, 0.1) is 23.9 Å². The summed E-state index contributed by atoms with van der Waals surface area (Å²) in [6, 6.07) is 2.16. The van der Waals surface area contributed by atoms with Crippen LogP contribution in [0, 0.1) is 17.2 Å². The van der Waals surface area contributed by atoms with Gasteiger partial charge in [-0.15, -0.1) is 0 Å². The van der Waals surface area contributed by atoms with E-state index >= 15 is 0 Å². The Morgan fingerprint density at radius 3 is 3.27 bits per heavy atom. The van der Waals surface area contributed by atoms with Crippen LogP contribution in [0.1, 0.15) is 0 Å². The lowest BCUT2D eigenvalue weighted by molar-refractivity contribution is 0.979. The number of nitriles is 1. The zero-order valence-corrected chi connectivity index (χ0v) is 5.73. The van der Waals surface area contributed by atoms with Gasteiger partial charge in [0, 0.05) is 5.57 Å². The Hall–Kier alpha value is -1.69. The Labute approximate surface area is 64.1 Å². The van der Waals surface area contributed by atoms with E-state index in [0.29, 0.717) is 0 Å². The number of hydrogen-bond acceptors (Lipinski definition) is 3. The van der Waals surface area contributed by atoms with E-state index in [1.807, 2.05) is 18.2 Å². The highest BCUT2D eigenvalue weighted by atomic mass is 15.1. The molecule has 11 heavy (non-hydrogen) atoms. The monoisotopic (exact) mass is 143 g/mol. The first-order valence-corrected chi connectivity index (χ1v) is 3.31. The highest BCUT2D eigenvalue weighted by molar-refractivity contribution is 5.45. The Morgan fingerprint density at radius 2 is 2.45 bits per heavy atom. The lowest BCUT2D eigenvalue weighted by Gasteiger charge is -2.07. The van der Waals surface area contributed by atoms with E-state index in [0.717, 1.165) is 11.3 Å². The van der Waals surface area contributed by atoms with Crippen LogP contribution in [0.15, 0.2) is 45.9 Å². The molecule has 2 rings (SSSR count). The van der Waals surface area contributed by atoms with E-state index in [-0.39, 0.29) is 5.92 Å². The summed E-state index contributed by atoms with van der Waals surface area (Å²) in [5, 5.41) is 16.3. The molecule has 0 aromatic heterocycles. The van der Waals surface area contributed by atoms with Gasteiger partial charge >= 0.3 is 0 Å². The average Bonchev–Trinajstić information content (AvgIpc) is 2.50. The standard InChI is InChI=1S/C8H5N3/c9-4-6-2-1-3-8-7(6)5-10-11-8/h1-3,5-6H/t6-/m0/s1. The van der Waals surface area contributed by atoms with Crippen LogP contribution in [0.5, 0.6) is 0 Å². The molecule has 1 aliphatic heterocycles. The molecule has 0 N–H and O–H groups in total. The number of nitrogens with zero attached hydrogens (tertiary/aromatic N) is 3. The fourth-order valence-electron chi connectivity index (χ4n) is 1.12. The maximum Gasteiger partial charge on any atom is 0.0933 e. The van der Waals surface area contributed by atoms with Crippen molar-refractivity contribution in [3.05, 3.63) is 35.7 Å². The van der Waals surface area contributed by atoms with Crippen molar-refractivity contribution in [2.45, 2.75) is 0 Å². The van der Waals surface area contributed by atoms with E-state index in [2.05, 4.69) is 16.3 Å². The van der Waals surface area contributed by atoms with Gasteiger partial charge in [-0.25, -0.2) is 0 Å². The molecule has 1 heterocycles. The van der Waals surface area contributed by atoms with Crippen LogP contribution in [-0.4, -0.2) is 0 Å². The quantitative estimate of drug-likeness (QED) is 0.511. The SMILES string of the molecule is N#C[C@@H]1C=CC=C2N=NC=C21. The van der Waals surface area contributed by atoms with E-state index < -0.39 is 0 Å². The molecule has 2 aliphatic rings. The van der Waals surface area contributed by atoms with Crippen molar-refractivity contribution >= 4 is 0 Å². The van der Waals surface area contributed by atoms with E-state index in [1.54, 1.807) is 6.20 Å². The fourth-order valence-corrected chi connectivity index (χ4v) is 1.12. The summed E-state index contributed by atoms with van der Waals surface area (Å²) >= 11 is 0. The lowest BCUT2D eigenvalue weighted by Crippen LogP contribution is -2.00. The Kier molecular flexibility index (Phi) is 1.19. The molecular formula is C8H5N3. The maximum atomic E-state index is 8.69. The Balaban J connectivity index is 2.44. The molecule has 0 saturated carbocycles. The number of hydrogen-bond donors (Lipinski definition) is 0. The number of fused-ring (bicyclic) bond motifs is 1. The van der Waals surface area contributed by atoms with Crippen molar-refractivity contribution in [1.82, 2.24) is 0 Å². The Bertz CT molecular complexity index is 339. The van der Waals surface area contributed by atoms with Crippen LogP contribution in [0.3, 0.4) is 0 Å². The second-order valence-corrected chi connectivity index (χ2v) is 2.34. The van der Waals surface area contributed by atoms with Gasteiger partial charge in [-0.1, -0.05) is 12.2 Å². The molecule has 0 spiro atoms. The molecule has 3 nitrogen and oxygen atoms in total. The van der Waals surface area contributed by atoms with Gasteiger partial charge in [-0.05, 0) is 6.08 Å². The van der Waals surface area contributed by atoms with Crippen molar-refractivity contribution in [2.24, 2.45) is 16.1 Å². The summed E-state index contributed by atoms with van der Waals surface area (Å²) in [6.07, 6.45) is 7.18. The van der Waals surface area contributed by atoms with Crippen LogP contribution in [0.25, 0.3) is 0 Å². The normalized spacial score (nSPS) is 25.5. The average molecular weight is 143 g/mol. The van der Waals surface area contributed by atoms with Crippen molar-refractivity contribution in [3.63, 3.8) is 0 Å². The van der Waals surface area contributed by atoms with Crippen molar-refractivity contribution in [2.75, 3.05) is 0 Å². The molecule has 0 aromatic rings. The summed E-state index contributed by atoms with van der Waals surface area (Å²) in [7, 11) is 0. The molecular weight excluding hydrogens is 138 g/mol. The summed E-state index contributed by atoms with van der Waals surface area (Å²) < 4.78 is 0. The molecule has 0 aromatic carbocycles. The van der Waals surface area contributed by atoms with Gasteiger partial charge in [-0.2, -0.15) is 15.5 Å². The summed E-state index contributed by atoms with van der Waals surface area (Å²) in [5.41, 5.74) is 1.73. The molecule has 0 bridgehead atoms. The molecule has 0 fully saturated rings. The zero-order chi connectivity index (χ0) is 7.68. The molecule has 0 unspecified atom stereocenters. The summed E-state index contributed by atoms with van der Waals surface area (Å²) in [6.45, 7) is 0. The van der Waals surface area contributed by atoms with Gasteiger partial charge in [0.1, 0.15) is 0 Å². The first-order valence-electron chi connectivity index (χ1n) is 3.31. The predicted molar refractivity (Wildman–Crippen MR) is 39.3 cm³/mol. The van der Waals surface area contributed by atoms with Gasteiger partial charge in [0.15, 0.2) is 0 Å². The molecule has 52 valence electrons. The summed E-state index contributed by atoms with van der Waals surface area (Å²) in [5.74, 6) is -0.162. The number of rotatable bonds is 0. The number of azo groups is 1. The van der Waals surface area contributed by atoms with Crippen molar-refractivity contribution < 1.29 is 0 Å². The minimum atomic E-state index is -0.162. The van der Waals surface area contributed by atoms with Gasteiger partial charge < -0.3 is 0 Å². The van der Waals surface area contributed by atoms with Crippen LogP contribution in [0.4, 0.5) is 0 Å². The molecule has 1 aliphatic carbocycles. The van der Waals surface area contributed by atoms with Crippen LogP contribution in [0.2, 0.25) is 0 Å². The third kappa shape index (κ3) is 0.802. The molecule has 0 radical (unpaired) electrons. The zero-order valence-electron chi connectivity index (χ0n) is 5.73. The van der Waals surface area contributed by atoms with Crippen LogP contribution in [-0.2, 0) is 0 Å². The highest BCUT2D eigenvalue weighted by Crippen LogP contribution is 2.29. The first kappa shape index (κ1) is 6.05. The van der Waals surface area contributed by atoms with Crippen LogP contribution >= 0.6 is 0 Å². The predicted octanol–water partition coefficient (Wildman–Crippen LogP) is 1.93. The second kappa shape index (κ2) is 2.17. The van der Waals surface area contributed by atoms with Gasteiger partial charge in [0.25, 0.3) is 0 Å². The second-order valence-electron chi connectivity index (χ2n) is 2.34. The van der Waals surface area contributed by atoms with Gasteiger partial charge in [0.2, 0.25) is 0 Å².